The van der Waals surface area contributed by atoms with Gasteiger partial charge in [0.25, 0.3) is 0 Å². The molecule has 0 aromatic carbocycles. The Morgan fingerprint density at radius 3 is 2.43 bits per heavy atom. The molecule has 0 heterocycles. The van der Waals surface area contributed by atoms with Crippen molar-refractivity contribution in [3.8, 4) is 0 Å². The minimum absolute atomic E-state index is 0.0209. The van der Waals surface area contributed by atoms with Gasteiger partial charge in [-0.25, -0.2) is 9.18 Å². The van der Waals surface area contributed by atoms with Crippen molar-refractivity contribution in [2.45, 2.75) is 6.17 Å². The van der Waals surface area contributed by atoms with Crippen LogP contribution in [0, 0.1) is 0 Å². The molecule has 0 spiro atoms. The number of carboxylic acid groups (broad SMARTS) is 1. The number of hydrogen-bond acceptors (Lipinski definition) is 1. The molecule has 0 aliphatic heterocycles. The zero-order valence-corrected chi connectivity index (χ0v) is 5.55. The molecule has 42 valence electrons. The molecule has 2 nitrogen and oxygen atoms in total. The summed E-state index contributed by atoms with van der Waals surface area (Å²) in [6.07, 6.45) is -1.69. The van der Waals surface area contributed by atoms with Crippen LogP contribution in [0.2, 0.25) is 0 Å². The Kier molecular flexibility index (Phi) is 3.23. The Labute approximate surface area is 53.9 Å². The molecule has 0 aliphatic carbocycles. The molecule has 0 aromatic rings. The van der Waals surface area contributed by atoms with Crippen LogP contribution in [0.3, 0.4) is 0 Å². The van der Waals surface area contributed by atoms with E-state index < -0.39 is 12.1 Å². The highest BCUT2D eigenvalue weighted by Crippen LogP contribution is 1.94. The fraction of sp³-hybridized carbons (Fsp3) is 0.667. The van der Waals surface area contributed by atoms with Crippen LogP contribution in [-0.2, 0) is 4.79 Å². The Morgan fingerprint density at radius 1 is 2.00 bits per heavy atom. The normalized spacial score (nSPS) is 13.4. The number of hydrogen-bond donors (Lipinski definition) is 1. The molecule has 1 N–H and O–H groups in total. The van der Waals surface area contributed by atoms with Gasteiger partial charge in [0.2, 0.25) is 6.17 Å². The summed E-state index contributed by atoms with van der Waals surface area (Å²) in [5.41, 5.74) is 0. The van der Waals surface area contributed by atoms with E-state index in [1.54, 1.807) is 22.6 Å². The van der Waals surface area contributed by atoms with Crippen LogP contribution in [-0.4, -0.2) is 21.7 Å². The maximum Gasteiger partial charge on any atom is 0.339 e. The van der Waals surface area contributed by atoms with Crippen LogP contribution in [0.1, 0.15) is 0 Å². The van der Waals surface area contributed by atoms with Gasteiger partial charge in [0.1, 0.15) is 0 Å². The van der Waals surface area contributed by atoms with E-state index in [1.165, 1.54) is 0 Å². The monoisotopic (exact) mass is 218 g/mol. The van der Waals surface area contributed by atoms with Crippen molar-refractivity contribution in [1.82, 2.24) is 0 Å². The molecule has 0 bridgehead atoms. The highest BCUT2D eigenvalue weighted by atomic mass is 127. The highest BCUT2D eigenvalue weighted by Gasteiger charge is 2.11. The topological polar surface area (TPSA) is 37.3 Å². The molecule has 0 unspecified atom stereocenters. The minimum atomic E-state index is -1.69. The van der Waals surface area contributed by atoms with Crippen LogP contribution in [0.4, 0.5) is 4.39 Å². The number of carbonyl (C=O) groups is 1. The Morgan fingerprint density at radius 2 is 2.43 bits per heavy atom. The van der Waals surface area contributed by atoms with E-state index in [4.69, 9.17) is 5.11 Å². The fourth-order valence-corrected chi connectivity index (χ4v) is 0.443. The van der Waals surface area contributed by atoms with Crippen molar-refractivity contribution in [2.24, 2.45) is 0 Å². The number of halogens is 2. The molecule has 0 aromatic heterocycles. The molecule has 0 amide bonds. The minimum Gasteiger partial charge on any atom is -0.479 e. The van der Waals surface area contributed by atoms with Gasteiger partial charge in [-0.05, 0) is 0 Å². The van der Waals surface area contributed by atoms with Crippen LogP contribution < -0.4 is 0 Å². The van der Waals surface area contributed by atoms with Crippen molar-refractivity contribution in [3.63, 3.8) is 0 Å². The Bertz CT molecular complexity index is 75.3. The van der Waals surface area contributed by atoms with Gasteiger partial charge in [-0.1, -0.05) is 22.6 Å². The lowest BCUT2D eigenvalue weighted by molar-refractivity contribution is -0.141. The smallest absolute Gasteiger partial charge is 0.339 e. The van der Waals surface area contributed by atoms with Crippen molar-refractivity contribution < 1.29 is 14.3 Å². The summed E-state index contributed by atoms with van der Waals surface area (Å²) in [4.78, 5) is 9.55. The van der Waals surface area contributed by atoms with Crippen LogP contribution in [0.5, 0.6) is 0 Å². The molecule has 0 rings (SSSR count). The number of aliphatic carboxylic acids is 1. The molecule has 0 radical (unpaired) electrons. The van der Waals surface area contributed by atoms with Crippen molar-refractivity contribution >= 4 is 28.6 Å². The second-order valence-electron chi connectivity index (χ2n) is 0.960. The third-order valence-corrected chi connectivity index (χ3v) is 1.18. The largest absolute Gasteiger partial charge is 0.479 e. The van der Waals surface area contributed by atoms with Crippen LogP contribution in [0.25, 0.3) is 0 Å². The van der Waals surface area contributed by atoms with E-state index in [1.807, 2.05) is 0 Å². The molecule has 4 heteroatoms. The molecule has 7 heavy (non-hydrogen) atoms. The summed E-state index contributed by atoms with van der Waals surface area (Å²) in [5, 5.41) is 7.80. The number of rotatable bonds is 2. The molecule has 0 aliphatic rings. The molecule has 0 saturated carbocycles. The number of carboxylic acids is 1. The van der Waals surface area contributed by atoms with Gasteiger partial charge >= 0.3 is 5.97 Å². The Balaban J connectivity index is 3.34. The second kappa shape index (κ2) is 3.17. The molecule has 0 saturated heterocycles. The van der Waals surface area contributed by atoms with Crippen molar-refractivity contribution in [1.29, 1.82) is 0 Å². The lowest BCUT2D eigenvalue weighted by Gasteiger charge is -1.91. The summed E-state index contributed by atoms with van der Waals surface area (Å²) in [7, 11) is 0. The van der Waals surface area contributed by atoms with Crippen LogP contribution >= 0.6 is 22.6 Å². The van der Waals surface area contributed by atoms with Gasteiger partial charge in [0, 0.05) is 4.43 Å². The first kappa shape index (κ1) is 7.13. The van der Waals surface area contributed by atoms with Gasteiger partial charge in [-0.3, -0.25) is 0 Å². The van der Waals surface area contributed by atoms with Crippen LogP contribution in [0.15, 0.2) is 0 Å². The van der Waals surface area contributed by atoms with E-state index >= 15 is 0 Å². The van der Waals surface area contributed by atoms with E-state index in [0.717, 1.165) is 0 Å². The Hall–Kier alpha value is 0.130. The quantitative estimate of drug-likeness (QED) is 0.550. The van der Waals surface area contributed by atoms with Crippen molar-refractivity contribution in [3.05, 3.63) is 0 Å². The maximum absolute atomic E-state index is 11.6. The predicted octanol–water partition coefficient (Wildman–Crippen LogP) is 0.844. The molecular formula is C3H4FIO2. The lowest BCUT2D eigenvalue weighted by Crippen LogP contribution is -2.14. The van der Waals surface area contributed by atoms with Gasteiger partial charge < -0.3 is 5.11 Å². The average molecular weight is 218 g/mol. The predicted molar refractivity (Wildman–Crippen MR) is 31.4 cm³/mol. The van der Waals surface area contributed by atoms with E-state index in [-0.39, 0.29) is 4.43 Å². The maximum atomic E-state index is 11.6. The first-order valence-corrected chi connectivity index (χ1v) is 3.14. The molecule has 0 fully saturated rings. The molecule has 1 atom stereocenters. The van der Waals surface area contributed by atoms with E-state index in [9.17, 15) is 9.18 Å². The van der Waals surface area contributed by atoms with Gasteiger partial charge in [0.05, 0.1) is 0 Å². The first-order valence-electron chi connectivity index (χ1n) is 1.61. The number of alkyl halides is 2. The fourth-order valence-electron chi connectivity index (χ4n) is 0.0660. The first-order chi connectivity index (χ1) is 3.18. The summed E-state index contributed by atoms with van der Waals surface area (Å²) in [6, 6.07) is 0. The average Bonchev–Trinajstić information content (AvgIpc) is 1.65. The summed E-state index contributed by atoms with van der Waals surface area (Å²) >= 11 is 1.67. The SMILES string of the molecule is O=C(O)[C@H](F)CI. The lowest BCUT2D eigenvalue weighted by atomic mass is 10.5. The third kappa shape index (κ3) is 2.78. The van der Waals surface area contributed by atoms with Gasteiger partial charge in [-0.2, -0.15) is 0 Å². The van der Waals surface area contributed by atoms with E-state index in [0.29, 0.717) is 0 Å². The summed E-state index contributed by atoms with van der Waals surface area (Å²) in [6.45, 7) is 0. The zero-order chi connectivity index (χ0) is 5.86. The van der Waals surface area contributed by atoms with Gasteiger partial charge in [-0.15, -0.1) is 0 Å². The van der Waals surface area contributed by atoms with Gasteiger partial charge in [0.15, 0.2) is 0 Å². The second-order valence-corrected chi connectivity index (χ2v) is 1.84. The standard InChI is InChI=1S/C3H4FIO2/c4-2(1-5)3(6)7/h2H,1H2,(H,6,7)/t2-/m1/s1. The van der Waals surface area contributed by atoms with Crippen molar-refractivity contribution in [2.75, 3.05) is 4.43 Å². The molecular weight excluding hydrogens is 214 g/mol. The summed E-state index contributed by atoms with van der Waals surface area (Å²) in [5.74, 6) is -1.38. The zero-order valence-electron chi connectivity index (χ0n) is 3.40. The summed E-state index contributed by atoms with van der Waals surface area (Å²) < 4.78 is 11.7. The highest BCUT2D eigenvalue weighted by molar-refractivity contribution is 14.1. The third-order valence-electron chi connectivity index (χ3n) is 0.403. The van der Waals surface area contributed by atoms with E-state index in [2.05, 4.69) is 0 Å².